The molecule has 3 aromatic rings. The van der Waals surface area contributed by atoms with E-state index in [1.807, 2.05) is 29.2 Å². The SMILES string of the molecule is CC(C)c1ccc(OCC(=O)N2CCC(c3nnc(-c4ccco4)o3)CC2)cc1. The molecule has 0 radical (unpaired) electrons. The van der Waals surface area contributed by atoms with Gasteiger partial charge in [0, 0.05) is 19.0 Å². The Kier molecular flexibility index (Phi) is 5.64. The predicted octanol–water partition coefficient (Wildman–Crippen LogP) is 4.24. The van der Waals surface area contributed by atoms with Gasteiger partial charge < -0.3 is 18.5 Å². The topological polar surface area (TPSA) is 81.6 Å². The highest BCUT2D eigenvalue weighted by Crippen LogP contribution is 2.29. The van der Waals surface area contributed by atoms with E-state index in [4.69, 9.17) is 13.6 Å². The van der Waals surface area contributed by atoms with Crippen molar-refractivity contribution in [1.29, 1.82) is 0 Å². The lowest BCUT2D eigenvalue weighted by atomic mass is 9.97. The standard InChI is InChI=1S/C22H25N3O4/c1-15(2)16-5-7-18(8-6-16)28-14-20(26)25-11-9-17(10-12-25)21-23-24-22(29-21)19-4-3-13-27-19/h3-8,13,15,17H,9-12,14H2,1-2H3. The number of hydrogen-bond donors (Lipinski definition) is 0. The van der Waals surface area contributed by atoms with Crippen molar-refractivity contribution in [2.45, 2.75) is 38.5 Å². The number of benzene rings is 1. The second-order valence-electron chi connectivity index (χ2n) is 7.59. The Hall–Kier alpha value is -3.09. The average molecular weight is 395 g/mol. The first kappa shape index (κ1) is 19.2. The third-order valence-electron chi connectivity index (χ3n) is 5.28. The van der Waals surface area contributed by atoms with Crippen LogP contribution in [0.1, 0.15) is 50.0 Å². The number of furan rings is 1. The van der Waals surface area contributed by atoms with Gasteiger partial charge in [0.2, 0.25) is 5.89 Å². The van der Waals surface area contributed by atoms with E-state index in [0.717, 1.165) is 12.8 Å². The lowest BCUT2D eigenvalue weighted by Gasteiger charge is -2.30. The van der Waals surface area contributed by atoms with Gasteiger partial charge in [-0.2, -0.15) is 0 Å². The molecule has 0 unspecified atom stereocenters. The van der Waals surface area contributed by atoms with Crippen molar-refractivity contribution < 1.29 is 18.4 Å². The van der Waals surface area contributed by atoms with Crippen LogP contribution in [0, 0.1) is 0 Å². The second-order valence-corrected chi connectivity index (χ2v) is 7.59. The first-order valence-electron chi connectivity index (χ1n) is 9.98. The molecule has 2 aromatic heterocycles. The summed E-state index contributed by atoms with van der Waals surface area (Å²) in [5.74, 6) is 2.90. The Bertz CT molecular complexity index is 923. The molecule has 0 bridgehead atoms. The van der Waals surface area contributed by atoms with Crippen LogP contribution < -0.4 is 4.74 Å². The van der Waals surface area contributed by atoms with Crippen LogP contribution in [-0.2, 0) is 4.79 Å². The molecule has 1 saturated heterocycles. The van der Waals surface area contributed by atoms with Crippen LogP contribution in [0.25, 0.3) is 11.7 Å². The largest absolute Gasteiger partial charge is 0.484 e. The smallest absolute Gasteiger partial charge is 0.283 e. The van der Waals surface area contributed by atoms with Gasteiger partial charge in [-0.05, 0) is 48.6 Å². The number of nitrogens with zero attached hydrogens (tertiary/aromatic N) is 3. The first-order valence-corrected chi connectivity index (χ1v) is 9.98. The monoisotopic (exact) mass is 395 g/mol. The van der Waals surface area contributed by atoms with E-state index in [9.17, 15) is 4.79 Å². The summed E-state index contributed by atoms with van der Waals surface area (Å²) in [5, 5.41) is 8.21. The molecular formula is C22H25N3O4. The fourth-order valence-corrected chi connectivity index (χ4v) is 3.46. The zero-order valence-electron chi connectivity index (χ0n) is 16.7. The fraction of sp³-hybridized carbons (Fsp3) is 0.409. The molecule has 1 aliphatic heterocycles. The van der Waals surface area contributed by atoms with Gasteiger partial charge in [0.15, 0.2) is 12.4 Å². The average Bonchev–Trinajstić information content (AvgIpc) is 3.44. The number of ether oxygens (including phenoxy) is 1. The van der Waals surface area contributed by atoms with Crippen molar-refractivity contribution >= 4 is 5.91 Å². The molecule has 1 fully saturated rings. The van der Waals surface area contributed by atoms with E-state index in [2.05, 4.69) is 24.0 Å². The van der Waals surface area contributed by atoms with Crippen LogP contribution in [0.4, 0.5) is 0 Å². The molecule has 152 valence electrons. The first-order chi connectivity index (χ1) is 14.1. The summed E-state index contributed by atoms with van der Waals surface area (Å²) >= 11 is 0. The van der Waals surface area contributed by atoms with Crippen molar-refractivity contribution in [2.75, 3.05) is 19.7 Å². The number of piperidine rings is 1. The third kappa shape index (κ3) is 4.50. The summed E-state index contributed by atoms with van der Waals surface area (Å²) in [4.78, 5) is 14.3. The fourth-order valence-electron chi connectivity index (χ4n) is 3.46. The Morgan fingerprint density at radius 3 is 2.59 bits per heavy atom. The van der Waals surface area contributed by atoms with Crippen molar-refractivity contribution in [3.8, 4) is 17.4 Å². The maximum Gasteiger partial charge on any atom is 0.283 e. The number of hydrogen-bond acceptors (Lipinski definition) is 6. The van der Waals surface area contributed by atoms with Gasteiger partial charge in [-0.15, -0.1) is 10.2 Å². The van der Waals surface area contributed by atoms with Gasteiger partial charge >= 0.3 is 0 Å². The minimum atomic E-state index is -0.00168. The van der Waals surface area contributed by atoms with Gasteiger partial charge in [0.05, 0.1) is 6.26 Å². The molecule has 4 rings (SSSR count). The van der Waals surface area contributed by atoms with Crippen molar-refractivity contribution in [3.05, 3.63) is 54.1 Å². The number of amides is 1. The Balaban J connectivity index is 1.26. The highest BCUT2D eigenvalue weighted by Gasteiger charge is 2.28. The van der Waals surface area contributed by atoms with E-state index in [1.165, 1.54) is 5.56 Å². The van der Waals surface area contributed by atoms with Crippen LogP contribution in [0.15, 0.2) is 51.5 Å². The van der Waals surface area contributed by atoms with Crippen LogP contribution >= 0.6 is 0 Å². The van der Waals surface area contributed by atoms with Crippen LogP contribution in [-0.4, -0.2) is 40.7 Å². The quantitative estimate of drug-likeness (QED) is 0.621. The third-order valence-corrected chi connectivity index (χ3v) is 5.28. The summed E-state index contributed by atoms with van der Waals surface area (Å²) in [6, 6.07) is 11.5. The van der Waals surface area contributed by atoms with E-state index in [-0.39, 0.29) is 18.4 Å². The molecule has 0 spiro atoms. The molecule has 0 saturated carbocycles. The maximum absolute atomic E-state index is 12.5. The lowest BCUT2D eigenvalue weighted by molar-refractivity contribution is -0.134. The van der Waals surface area contributed by atoms with Crippen molar-refractivity contribution in [2.24, 2.45) is 0 Å². The van der Waals surface area contributed by atoms with E-state index < -0.39 is 0 Å². The van der Waals surface area contributed by atoms with Crippen molar-refractivity contribution in [3.63, 3.8) is 0 Å². The van der Waals surface area contributed by atoms with E-state index in [0.29, 0.717) is 42.3 Å². The summed E-state index contributed by atoms with van der Waals surface area (Å²) in [6.45, 7) is 5.65. The molecule has 1 amide bonds. The lowest BCUT2D eigenvalue weighted by Crippen LogP contribution is -2.40. The molecule has 3 heterocycles. The van der Waals surface area contributed by atoms with Crippen LogP contribution in [0.5, 0.6) is 5.75 Å². The molecule has 0 aliphatic carbocycles. The van der Waals surface area contributed by atoms with E-state index >= 15 is 0 Å². The number of carbonyl (C=O) groups excluding carboxylic acids is 1. The van der Waals surface area contributed by atoms with Gasteiger partial charge in [-0.3, -0.25) is 4.79 Å². The second kappa shape index (κ2) is 8.51. The predicted molar refractivity (Wildman–Crippen MR) is 107 cm³/mol. The van der Waals surface area contributed by atoms with Crippen LogP contribution in [0.2, 0.25) is 0 Å². The maximum atomic E-state index is 12.5. The molecule has 7 nitrogen and oxygen atoms in total. The number of carbonyl (C=O) groups is 1. The highest BCUT2D eigenvalue weighted by molar-refractivity contribution is 5.77. The zero-order chi connectivity index (χ0) is 20.2. The Labute approximate surface area is 169 Å². The summed E-state index contributed by atoms with van der Waals surface area (Å²) in [7, 11) is 0. The van der Waals surface area contributed by atoms with Crippen LogP contribution in [0.3, 0.4) is 0 Å². The number of aromatic nitrogens is 2. The molecule has 0 N–H and O–H groups in total. The van der Waals surface area contributed by atoms with Gasteiger partial charge in [0.1, 0.15) is 5.75 Å². The molecule has 1 aromatic carbocycles. The minimum absolute atomic E-state index is 0.00168. The molecule has 29 heavy (non-hydrogen) atoms. The summed E-state index contributed by atoms with van der Waals surface area (Å²) < 4.78 is 16.7. The Morgan fingerprint density at radius 2 is 1.93 bits per heavy atom. The Morgan fingerprint density at radius 1 is 1.17 bits per heavy atom. The van der Waals surface area contributed by atoms with E-state index in [1.54, 1.807) is 18.4 Å². The molecule has 7 heteroatoms. The molecule has 1 aliphatic rings. The van der Waals surface area contributed by atoms with Gasteiger partial charge in [-0.25, -0.2) is 0 Å². The summed E-state index contributed by atoms with van der Waals surface area (Å²) in [5.41, 5.74) is 1.25. The minimum Gasteiger partial charge on any atom is -0.484 e. The van der Waals surface area contributed by atoms with Gasteiger partial charge in [0.25, 0.3) is 11.8 Å². The zero-order valence-corrected chi connectivity index (χ0v) is 16.7. The number of rotatable bonds is 6. The number of likely N-dealkylation sites (tertiary alicyclic amines) is 1. The molecule has 0 atom stereocenters. The molecular weight excluding hydrogens is 370 g/mol. The highest BCUT2D eigenvalue weighted by atomic mass is 16.5. The van der Waals surface area contributed by atoms with Crippen molar-refractivity contribution in [1.82, 2.24) is 15.1 Å². The summed E-state index contributed by atoms with van der Waals surface area (Å²) in [6.07, 6.45) is 3.15. The normalized spacial score (nSPS) is 15.1. The van der Waals surface area contributed by atoms with Gasteiger partial charge in [-0.1, -0.05) is 26.0 Å².